The van der Waals surface area contributed by atoms with Crippen LogP contribution < -0.4 is 10.6 Å². The monoisotopic (exact) mass is 401 g/mol. The molecule has 2 heterocycles. The highest BCUT2D eigenvalue weighted by Gasteiger charge is 2.28. The standard InChI is InChI=1S/C19H19N3O5S/c20-11-15-14-5-3-13(27-19(25)21-7-8-23)10-16(14)28-18(15)22-17(24)6-4-12-2-1-9-26-12/h1-2,4,6,9,13,23H,3,5,7-8,10H2,(H,21,25)(H,22,24)/b6-4+. The smallest absolute Gasteiger partial charge is 0.407 e. The molecule has 146 valence electrons. The Labute approximate surface area is 165 Å². The van der Waals surface area contributed by atoms with Crippen LogP contribution in [0.25, 0.3) is 6.08 Å². The maximum Gasteiger partial charge on any atom is 0.407 e. The van der Waals surface area contributed by atoms with Gasteiger partial charge in [0.05, 0.1) is 18.4 Å². The number of ether oxygens (including phenoxy) is 1. The van der Waals surface area contributed by atoms with Crippen LogP contribution in [0.1, 0.15) is 28.2 Å². The van der Waals surface area contributed by atoms with Gasteiger partial charge in [-0.15, -0.1) is 11.3 Å². The molecule has 1 aliphatic rings. The van der Waals surface area contributed by atoms with Crippen molar-refractivity contribution in [2.75, 3.05) is 18.5 Å². The van der Waals surface area contributed by atoms with E-state index in [2.05, 4.69) is 16.7 Å². The molecule has 3 N–H and O–H groups in total. The Morgan fingerprint density at radius 2 is 2.36 bits per heavy atom. The molecular weight excluding hydrogens is 382 g/mol. The zero-order valence-corrected chi connectivity index (χ0v) is 15.8. The van der Waals surface area contributed by atoms with E-state index >= 15 is 0 Å². The molecule has 2 amide bonds. The summed E-state index contributed by atoms with van der Waals surface area (Å²) in [5.41, 5.74) is 1.36. The molecule has 0 radical (unpaired) electrons. The summed E-state index contributed by atoms with van der Waals surface area (Å²) in [4.78, 5) is 24.7. The van der Waals surface area contributed by atoms with Crippen LogP contribution in [0.2, 0.25) is 0 Å². The third kappa shape index (κ3) is 4.79. The summed E-state index contributed by atoms with van der Waals surface area (Å²) in [6.45, 7) is -0.0200. The van der Waals surface area contributed by atoms with Gasteiger partial charge in [-0.3, -0.25) is 4.79 Å². The van der Waals surface area contributed by atoms with Crippen molar-refractivity contribution in [1.29, 1.82) is 5.26 Å². The van der Waals surface area contributed by atoms with Crippen LogP contribution >= 0.6 is 11.3 Å². The van der Waals surface area contributed by atoms with E-state index in [0.29, 0.717) is 35.6 Å². The second-order valence-electron chi connectivity index (χ2n) is 6.08. The summed E-state index contributed by atoms with van der Waals surface area (Å²) in [6, 6.07) is 5.62. The highest BCUT2D eigenvalue weighted by Crippen LogP contribution is 2.38. The van der Waals surface area contributed by atoms with Gasteiger partial charge in [0.25, 0.3) is 0 Å². The van der Waals surface area contributed by atoms with E-state index in [1.54, 1.807) is 18.2 Å². The highest BCUT2D eigenvalue weighted by atomic mass is 32.1. The fourth-order valence-electron chi connectivity index (χ4n) is 2.91. The lowest BCUT2D eigenvalue weighted by Gasteiger charge is -2.22. The van der Waals surface area contributed by atoms with E-state index in [9.17, 15) is 14.9 Å². The second kappa shape index (κ2) is 9.21. The molecule has 0 aromatic carbocycles. The minimum Gasteiger partial charge on any atom is -0.465 e. The Balaban J connectivity index is 1.66. The molecule has 1 unspecified atom stereocenters. The zero-order chi connectivity index (χ0) is 19.9. The van der Waals surface area contributed by atoms with Crippen molar-refractivity contribution >= 4 is 34.4 Å². The number of carbonyl (C=O) groups excluding carboxylic acids is 2. The van der Waals surface area contributed by atoms with E-state index in [1.165, 1.54) is 23.7 Å². The topological polar surface area (TPSA) is 125 Å². The van der Waals surface area contributed by atoms with Gasteiger partial charge in [0.1, 0.15) is 22.9 Å². The maximum atomic E-state index is 12.2. The summed E-state index contributed by atoms with van der Waals surface area (Å²) < 4.78 is 10.5. The first-order chi connectivity index (χ1) is 13.6. The number of nitrogens with one attached hydrogen (secondary N) is 2. The second-order valence-corrected chi connectivity index (χ2v) is 7.18. The number of hydrogen-bond acceptors (Lipinski definition) is 7. The summed E-state index contributed by atoms with van der Waals surface area (Å²) in [5, 5.41) is 23.9. The summed E-state index contributed by atoms with van der Waals surface area (Å²) in [6.07, 6.45) is 5.19. The van der Waals surface area contributed by atoms with Gasteiger partial charge in [0, 0.05) is 23.9 Å². The summed E-state index contributed by atoms with van der Waals surface area (Å²) >= 11 is 1.32. The number of furan rings is 1. The normalized spacial score (nSPS) is 15.6. The zero-order valence-electron chi connectivity index (χ0n) is 14.9. The third-order valence-corrected chi connectivity index (χ3v) is 5.34. The average molecular weight is 401 g/mol. The molecule has 2 aromatic heterocycles. The average Bonchev–Trinajstić information content (AvgIpc) is 3.31. The van der Waals surface area contributed by atoms with E-state index in [4.69, 9.17) is 14.3 Å². The first kappa shape index (κ1) is 19.7. The number of rotatable bonds is 6. The number of aliphatic hydroxyl groups excluding tert-OH is 1. The van der Waals surface area contributed by atoms with Crippen LogP contribution in [0.4, 0.5) is 9.80 Å². The van der Waals surface area contributed by atoms with Crippen LogP contribution in [0.5, 0.6) is 0 Å². The number of amides is 2. The first-order valence-corrected chi connectivity index (χ1v) is 9.55. The van der Waals surface area contributed by atoms with Gasteiger partial charge in [-0.1, -0.05) is 0 Å². The highest BCUT2D eigenvalue weighted by molar-refractivity contribution is 7.16. The van der Waals surface area contributed by atoms with Crippen molar-refractivity contribution in [2.24, 2.45) is 0 Å². The van der Waals surface area contributed by atoms with Gasteiger partial charge in [-0.2, -0.15) is 5.26 Å². The van der Waals surface area contributed by atoms with Gasteiger partial charge >= 0.3 is 6.09 Å². The van der Waals surface area contributed by atoms with Crippen LogP contribution in [0.3, 0.4) is 0 Å². The first-order valence-electron chi connectivity index (χ1n) is 8.73. The van der Waals surface area contributed by atoms with Gasteiger partial charge in [-0.25, -0.2) is 4.79 Å². The Hall–Kier alpha value is -3.09. The number of hydrogen-bond donors (Lipinski definition) is 3. The maximum absolute atomic E-state index is 12.2. The van der Waals surface area contributed by atoms with E-state index < -0.39 is 6.09 Å². The number of nitrogens with zero attached hydrogens (tertiary/aromatic N) is 1. The molecule has 0 saturated heterocycles. The Morgan fingerprint density at radius 1 is 1.50 bits per heavy atom. The lowest BCUT2D eigenvalue weighted by atomic mass is 9.94. The summed E-state index contributed by atoms with van der Waals surface area (Å²) in [7, 11) is 0. The number of alkyl carbamates (subject to hydrolysis) is 1. The summed E-state index contributed by atoms with van der Waals surface area (Å²) in [5.74, 6) is 0.197. The van der Waals surface area contributed by atoms with Gasteiger partial charge in [-0.05, 0) is 36.6 Å². The third-order valence-electron chi connectivity index (χ3n) is 4.17. The molecule has 3 rings (SSSR count). The fraction of sp³-hybridized carbons (Fsp3) is 0.316. The predicted molar refractivity (Wildman–Crippen MR) is 103 cm³/mol. The lowest BCUT2D eigenvalue weighted by Crippen LogP contribution is -2.33. The number of anilines is 1. The van der Waals surface area contributed by atoms with Crippen molar-refractivity contribution in [3.8, 4) is 6.07 Å². The van der Waals surface area contributed by atoms with Crippen molar-refractivity contribution < 1.29 is 23.8 Å². The molecule has 1 atom stereocenters. The van der Waals surface area contributed by atoms with Gasteiger partial charge < -0.3 is 24.9 Å². The minimum atomic E-state index is -0.573. The van der Waals surface area contributed by atoms with Gasteiger partial charge in [0.2, 0.25) is 5.91 Å². The van der Waals surface area contributed by atoms with Crippen LogP contribution in [-0.4, -0.2) is 36.4 Å². The van der Waals surface area contributed by atoms with Crippen LogP contribution in [-0.2, 0) is 22.4 Å². The molecule has 0 aliphatic heterocycles. The Morgan fingerprint density at radius 3 is 3.07 bits per heavy atom. The molecule has 28 heavy (non-hydrogen) atoms. The molecule has 1 aliphatic carbocycles. The van der Waals surface area contributed by atoms with Crippen molar-refractivity contribution in [2.45, 2.75) is 25.4 Å². The van der Waals surface area contributed by atoms with Crippen molar-refractivity contribution in [1.82, 2.24) is 5.32 Å². The lowest BCUT2D eigenvalue weighted by molar-refractivity contribution is -0.111. The quantitative estimate of drug-likeness (QED) is 0.639. The van der Waals surface area contributed by atoms with E-state index in [0.717, 1.165) is 10.4 Å². The molecule has 0 spiro atoms. The largest absolute Gasteiger partial charge is 0.465 e. The SMILES string of the molecule is N#Cc1c(NC(=O)/C=C/c2ccco2)sc2c1CCC(OC(=O)NCCO)C2. The van der Waals surface area contributed by atoms with Crippen molar-refractivity contribution in [3.05, 3.63) is 46.2 Å². The molecule has 9 heteroatoms. The Bertz CT molecular complexity index is 911. The molecule has 8 nitrogen and oxygen atoms in total. The Kier molecular flexibility index (Phi) is 6.47. The molecule has 0 fully saturated rings. The fourth-order valence-corrected chi connectivity index (χ4v) is 4.18. The molecule has 2 aromatic rings. The molecule has 0 saturated carbocycles. The van der Waals surface area contributed by atoms with Crippen LogP contribution in [0, 0.1) is 11.3 Å². The van der Waals surface area contributed by atoms with E-state index in [1.807, 2.05) is 0 Å². The number of thiophene rings is 1. The van der Waals surface area contributed by atoms with Gasteiger partial charge in [0.15, 0.2) is 0 Å². The number of carbonyl (C=O) groups is 2. The molecule has 0 bridgehead atoms. The minimum absolute atomic E-state index is 0.135. The number of aliphatic hydroxyl groups is 1. The van der Waals surface area contributed by atoms with Crippen molar-refractivity contribution in [3.63, 3.8) is 0 Å². The number of nitriles is 1. The molecular formula is C19H19N3O5S. The van der Waals surface area contributed by atoms with Crippen LogP contribution in [0.15, 0.2) is 28.9 Å². The number of fused-ring (bicyclic) bond motifs is 1. The predicted octanol–water partition coefficient (Wildman–Crippen LogP) is 2.44. The van der Waals surface area contributed by atoms with E-state index in [-0.39, 0.29) is 25.2 Å².